The molecule has 1 fully saturated rings. The number of hydrogen-bond donors (Lipinski definition) is 6. The first-order chi connectivity index (χ1) is 22.6. The number of phenols is 1. The SMILES string of the molecule is COc1cc([C@@H]2c3cc4c(cc3C(NSCCNCCCNCCCCNCCCN)C3COC(=O)[C@@H]32)OCO4)cc(OC)c1O. The molecule has 0 aromatic heterocycles. The predicted molar refractivity (Wildman–Crippen MR) is 178 cm³/mol. The fourth-order valence-corrected chi connectivity index (χ4v) is 7.37. The summed E-state index contributed by atoms with van der Waals surface area (Å²) < 4.78 is 31.8. The number of phenolic OH excluding ortho intramolecular Hbond substituents is 1. The fourth-order valence-electron chi connectivity index (χ4n) is 6.52. The van der Waals surface area contributed by atoms with Gasteiger partial charge >= 0.3 is 5.97 Å². The highest BCUT2D eigenvalue weighted by Crippen LogP contribution is 2.55. The number of ether oxygens (including phenoxy) is 5. The highest BCUT2D eigenvalue weighted by atomic mass is 32.2. The van der Waals surface area contributed by atoms with Crippen LogP contribution in [0.15, 0.2) is 24.3 Å². The number of hydrogen-bond acceptors (Lipinski definition) is 13. The van der Waals surface area contributed by atoms with Gasteiger partial charge in [-0.1, -0.05) is 11.9 Å². The van der Waals surface area contributed by atoms with Crippen LogP contribution in [0.3, 0.4) is 0 Å². The number of carbonyl (C=O) groups is 1. The third-order valence-electron chi connectivity index (χ3n) is 8.86. The number of esters is 1. The summed E-state index contributed by atoms with van der Waals surface area (Å²) in [6, 6.07) is 7.41. The second-order valence-corrected chi connectivity index (χ2v) is 12.7. The number of benzene rings is 2. The lowest BCUT2D eigenvalue weighted by Gasteiger charge is -2.39. The Kier molecular flexibility index (Phi) is 12.9. The standard InChI is InChI=1S/C33H49N5O7S/c1-41-27-15-21(16-28(42-2)32(27)39)29-22-17-25-26(45-20-44-25)18-23(22)31(24-19-43-33(40)30(24)29)38-46-14-13-37-12-6-11-36-9-4-3-8-35-10-5-7-34/h15-18,24,29-31,35-39H,3-14,19-20,34H2,1-2H3/t24?,29-,30+,31?/m1/s1. The molecule has 2 heterocycles. The molecule has 3 aliphatic rings. The molecule has 2 unspecified atom stereocenters. The molecular formula is C33H49N5O7S. The zero-order valence-electron chi connectivity index (χ0n) is 26.9. The molecule has 2 aliphatic heterocycles. The lowest BCUT2D eigenvalue weighted by Crippen LogP contribution is -2.39. The molecule has 13 heteroatoms. The van der Waals surface area contributed by atoms with Gasteiger partial charge in [-0.25, -0.2) is 0 Å². The van der Waals surface area contributed by atoms with Crippen LogP contribution in [0.5, 0.6) is 28.7 Å². The Hall–Kier alpha value is -2.94. The van der Waals surface area contributed by atoms with E-state index in [2.05, 4.69) is 20.7 Å². The van der Waals surface area contributed by atoms with Gasteiger partial charge in [-0.3, -0.25) is 9.52 Å². The molecule has 254 valence electrons. The topological polar surface area (TPSA) is 158 Å². The largest absolute Gasteiger partial charge is 0.502 e. The van der Waals surface area contributed by atoms with Crippen LogP contribution in [0.1, 0.15) is 54.3 Å². The van der Waals surface area contributed by atoms with Crippen molar-refractivity contribution in [3.05, 3.63) is 41.0 Å². The van der Waals surface area contributed by atoms with Crippen LogP contribution in [0.25, 0.3) is 0 Å². The molecule has 12 nitrogen and oxygen atoms in total. The van der Waals surface area contributed by atoms with Crippen LogP contribution < -0.4 is 45.4 Å². The average molecular weight is 660 g/mol. The monoisotopic (exact) mass is 659 g/mol. The molecule has 4 atom stereocenters. The molecule has 1 saturated heterocycles. The Balaban J connectivity index is 1.17. The minimum absolute atomic E-state index is 0.0834. The minimum atomic E-state index is -0.442. The molecule has 0 amide bonds. The maximum atomic E-state index is 13.3. The molecule has 7 N–H and O–H groups in total. The average Bonchev–Trinajstić information content (AvgIpc) is 3.69. The Morgan fingerprint density at radius 3 is 2.11 bits per heavy atom. The number of rotatable bonds is 20. The molecule has 1 aliphatic carbocycles. The smallest absolute Gasteiger partial charge is 0.310 e. The van der Waals surface area contributed by atoms with E-state index in [0.717, 1.165) is 81.1 Å². The van der Waals surface area contributed by atoms with Crippen molar-refractivity contribution in [2.45, 2.75) is 37.6 Å². The first kappa shape index (κ1) is 34.4. The Bertz CT molecular complexity index is 1280. The number of nitrogens with two attached hydrogens (primary N) is 1. The van der Waals surface area contributed by atoms with Crippen molar-refractivity contribution in [2.75, 3.05) is 79.2 Å². The predicted octanol–water partition coefficient (Wildman–Crippen LogP) is 2.64. The second kappa shape index (κ2) is 17.3. The van der Waals surface area contributed by atoms with E-state index in [1.807, 2.05) is 12.1 Å². The first-order valence-corrected chi connectivity index (χ1v) is 17.3. The Labute approximate surface area is 275 Å². The number of methoxy groups -OCH3 is 2. The van der Waals surface area contributed by atoms with E-state index >= 15 is 0 Å². The summed E-state index contributed by atoms with van der Waals surface area (Å²) in [5, 5.41) is 21.1. The van der Waals surface area contributed by atoms with E-state index in [1.165, 1.54) is 27.1 Å². The van der Waals surface area contributed by atoms with Crippen molar-refractivity contribution < 1.29 is 33.6 Å². The van der Waals surface area contributed by atoms with Gasteiger partial charge in [0, 0.05) is 30.2 Å². The van der Waals surface area contributed by atoms with E-state index in [9.17, 15) is 9.90 Å². The molecule has 0 bridgehead atoms. The third-order valence-corrected chi connectivity index (χ3v) is 9.69. The van der Waals surface area contributed by atoms with Crippen LogP contribution in [0, 0.1) is 11.8 Å². The Morgan fingerprint density at radius 1 is 0.848 bits per heavy atom. The maximum absolute atomic E-state index is 13.3. The molecule has 0 radical (unpaired) electrons. The number of cyclic esters (lactones) is 1. The van der Waals surface area contributed by atoms with Crippen molar-refractivity contribution in [2.24, 2.45) is 17.6 Å². The van der Waals surface area contributed by atoms with Crippen molar-refractivity contribution in [3.63, 3.8) is 0 Å². The van der Waals surface area contributed by atoms with Crippen molar-refractivity contribution in [1.82, 2.24) is 20.7 Å². The zero-order valence-corrected chi connectivity index (χ0v) is 27.7. The highest BCUT2D eigenvalue weighted by Gasteiger charge is 2.52. The number of fused-ring (bicyclic) bond motifs is 3. The highest BCUT2D eigenvalue weighted by molar-refractivity contribution is 7.97. The Morgan fingerprint density at radius 2 is 1.46 bits per heavy atom. The summed E-state index contributed by atoms with van der Waals surface area (Å²) in [6.45, 7) is 7.15. The van der Waals surface area contributed by atoms with E-state index in [4.69, 9.17) is 29.4 Å². The van der Waals surface area contributed by atoms with Crippen LogP contribution >= 0.6 is 11.9 Å². The maximum Gasteiger partial charge on any atom is 0.310 e. The molecule has 2 aromatic carbocycles. The number of nitrogens with one attached hydrogen (secondary N) is 4. The minimum Gasteiger partial charge on any atom is -0.502 e. The number of unbranched alkanes of at least 4 members (excludes halogenated alkanes) is 1. The quantitative estimate of drug-likeness (QED) is 0.0701. The van der Waals surface area contributed by atoms with Gasteiger partial charge in [0.15, 0.2) is 23.0 Å². The normalized spacial score (nSPS) is 21.2. The van der Waals surface area contributed by atoms with Gasteiger partial charge in [0.2, 0.25) is 12.5 Å². The van der Waals surface area contributed by atoms with Gasteiger partial charge in [0.05, 0.1) is 26.7 Å². The summed E-state index contributed by atoms with van der Waals surface area (Å²) in [4.78, 5) is 13.3. The van der Waals surface area contributed by atoms with Crippen molar-refractivity contribution in [1.29, 1.82) is 0 Å². The molecule has 46 heavy (non-hydrogen) atoms. The third kappa shape index (κ3) is 8.12. The molecule has 0 spiro atoms. The van der Waals surface area contributed by atoms with E-state index in [1.54, 1.807) is 24.1 Å². The van der Waals surface area contributed by atoms with Gasteiger partial charge in [-0.15, -0.1) is 0 Å². The van der Waals surface area contributed by atoms with Crippen LogP contribution in [0.4, 0.5) is 0 Å². The molecule has 0 saturated carbocycles. The first-order valence-electron chi connectivity index (χ1n) is 16.3. The fraction of sp³-hybridized carbons (Fsp3) is 0.606. The van der Waals surface area contributed by atoms with Crippen LogP contribution in [-0.4, -0.2) is 90.3 Å². The number of carbonyl (C=O) groups excluding carboxylic acids is 1. The second-order valence-electron chi connectivity index (χ2n) is 11.8. The molecule has 5 rings (SSSR count). The van der Waals surface area contributed by atoms with Gasteiger partial charge < -0.3 is 50.5 Å². The van der Waals surface area contributed by atoms with E-state index in [-0.39, 0.29) is 47.9 Å². The van der Waals surface area contributed by atoms with Crippen LogP contribution in [0.2, 0.25) is 0 Å². The van der Waals surface area contributed by atoms with Crippen molar-refractivity contribution in [3.8, 4) is 28.7 Å². The van der Waals surface area contributed by atoms with Crippen LogP contribution in [-0.2, 0) is 9.53 Å². The van der Waals surface area contributed by atoms with Gasteiger partial charge in [-0.05, 0) is 106 Å². The van der Waals surface area contributed by atoms with Crippen molar-refractivity contribution >= 4 is 17.9 Å². The summed E-state index contributed by atoms with van der Waals surface area (Å²) in [5.74, 6) is 1.53. The summed E-state index contributed by atoms with van der Waals surface area (Å²) in [7, 11) is 2.99. The summed E-state index contributed by atoms with van der Waals surface area (Å²) >= 11 is 1.65. The van der Waals surface area contributed by atoms with Gasteiger partial charge in [-0.2, -0.15) is 0 Å². The number of aromatic hydroxyl groups is 1. The van der Waals surface area contributed by atoms with E-state index in [0.29, 0.717) is 18.1 Å². The lowest BCUT2D eigenvalue weighted by atomic mass is 9.65. The summed E-state index contributed by atoms with van der Waals surface area (Å²) in [6.07, 6.45) is 4.46. The molecule has 2 aromatic rings. The zero-order chi connectivity index (χ0) is 32.3. The lowest BCUT2D eigenvalue weighted by molar-refractivity contribution is -0.141. The van der Waals surface area contributed by atoms with E-state index < -0.39 is 5.92 Å². The summed E-state index contributed by atoms with van der Waals surface area (Å²) in [5.41, 5.74) is 8.29. The van der Waals surface area contributed by atoms with Gasteiger partial charge in [0.1, 0.15) is 0 Å². The van der Waals surface area contributed by atoms with Gasteiger partial charge in [0.25, 0.3) is 0 Å². The molecular weight excluding hydrogens is 610 g/mol.